The van der Waals surface area contributed by atoms with Gasteiger partial charge in [-0.05, 0) is 12.1 Å². The summed E-state index contributed by atoms with van der Waals surface area (Å²) in [6.07, 6.45) is 1.55. The molecule has 3 aromatic rings. The second kappa shape index (κ2) is 4.32. The lowest BCUT2D eigenvalue weighted by atomic mass is 10.4. The van der Waals surface area contributed by atoms with Gasteiger partial charge in [0, 0.05) is 11.6 Å². The number of aromatic carboxylic acids is 1. The molecule has 7 nitrogen and oxygen atoms in total. The molecule has 0 aromatic carbocycles. The molecule has 0 radical (unpaired) electrons. The molecular formula is C11H7N3O4S. The fourth-order valence-electron chi connectivity index (χ4n) is 1.68. The van der Waals surface area contributed by atoms with Crippen molar-refractivity contribution >= 4 is 28.5 Å². The summed E-state index contributed by atoms with van der Waals surface area (Å²) in [6, 6.07) is 3.31. The van der Waals surface area contributed by atoms with Crippen LogP contribution < -0.4 is 5.76 Å². The van der Waals surface area contributed by atoms with Crippen LogP contribution in [-0.2, 0) is 6.54 Å². The van der Waals surface area contributed by atoms with E-state index < -0.39 is 11.7 Å². The second-order valence-electron chi connectivity index (χ2n) is 3.73. The molecule has 0 bridgehead atoms. The van der Waals surface area contributed by atoms with Crippen molar-refractivity contribution in [3.05, 3.63) is 45.0 Å². The average molecular weight is 277 g/mol. The Morgan fingerprint density at radius 1 is 1.53 bits per heavy atom. The lowest BCUT2D eigenvalue weighted by Gasteiger charge is -1.97. The molecule has 0 spiro atoms. The predicted octanol–water partition coefficient (Wildman–Crippen LogP) is 1.19. The van der Waals surface area contributed by atoms with Gasteiger partial charge in [-0.15, -0.1) is 11.3 Å². The quantitative estimate of drug-likeness (QED) is 0.772. The van der Waals surface area contributed by atoms with Crippen molar-refractivity contribution in [2.75, 3.05) is 0 Å². The first-order valence-corrected chi connectivity index (χ1v) is 6.15. The number of nitrogens with zero attached hydrogens (tertiary/aromatic N) is 3. The van der Waals surface area contributed by atoms with E-state index in [1.807, 2.05) is 0 Å². The molecule has 0 aliphatic carbocycles. The minimum absolute atomic E-state index is 0.0104. The molecule has 1 N–H and O–H groups in total. The van der Waals surface area contributed by atoms with Crippen LogP contribution in [0.4, 0.5) is 0 Å². The molecule has 0 fully saturated rings. The highest BCUT2D eigenvalue weighted by Gasteiger charge is 2.14. The minimum Gasteiger partial charge on any atom is -0.476 e. The Bertz CT molecular complexity index is 817. The van der Waals surface area contributed by atoms with Crippen LogP contribution in [0, 0.1) is 0 Å². The molecule has 0 atom stereocenters. The zero-order valence-electron chi connectivity index (χ0n) is 9.44. The summed E-state index contributed by atoms with van der Waals surface area (Å²) < 4.78 is 6.35. The van der Waals surface area contributed by atoms with E-state index in [9.17, 15) is 9.59 Å². The van der Waals surface area contributed by atoms with Gasteiger partial charge in [0.25, 0.3) is 0 Å². The van der Waals surface area contributed by atoms with Gasteiger partial charge in [-0.25, -0.2) is 19.6 Å². The lowest BCUT2D eigenvalue weighted by Crippen LogP contribution is -2.15. The molecular weight excluding hydrogens is 270 g/mol. The van der Waals surface area contributed by atoms with Crippen molar-refractivity contribution in [2.45, 2.75) is 6.54 Å². The highest BCUT2D eigenvalue weighted by atomic mass is 32.1. The van der Waals surface area contributed by atoms with E-state index in [4.69, 9.17) is 9.52 Å². The predicted molar refractivity (Wildman–Crippen MR) is 66.4 cm³/mol. The molecule has 3 rings (SSSR count). The van der Waals surface area contributed by atoms with Gasteiger partial charge < -0.3 is 9.52 Å². The fourth-order valence-corrected chi connectivity index (χ4v) is 2.33. The van der Waals surface area contributed by atoms with Gasteiger partial charge in [0.15, 0.2) is 11.2 Å². The third kappa shape index (κ3) is 2.02. The van der Waals surface area contributed by atoms with Crippen molar-refractivity contribution in [3.8, 4) is 0 Å². The van der Waals surface area contributed by atoms with Crippen LogP contribution in [-0.4, -0.2) is 25.6 Å². The number of hydrogen-bond acceptors (Lipinski definition) is 6. The third-order valence-electron chi connectivity index (χ3n) is 2.48. The Morgan fingerprint density at radius 3 is 3.11 bits per heavy atom. The number of oxazole rings is 1. The number of thiazole rings is 1. The van der Waals surface area contributed by atoms with Crippen molar-refractivity contribution in [1.82, 2.24) is 14.5 Å². The van der Waals surface area contributed by atoms with E-state index in [0.717, 1.165) is 11.3 Å². The second-order valence-corrected chi connectivity index (χ2v) is 4.59. The monoisotopic (exact) mass is 277 g/mol. The minimum atomic E-state index is -1.08. The first kappa shape index (κ1) is 11.6. The molecule has 0 saturated heterocycles. The Labute approximate surface area is 109 Å². The van der Waals surface area contributed by atoms with E-state index in [0.29, 0.717) is 16.9 Å². The van der Waals surface area contributed by atoms with Crippen molar-refractivity contribution in [1.29, 1.82) is 0 Å². The number of fused-ring (bicyclic) bond motifs is 1. The van der Waals surface area contributed by atoms with Gasteiger partial charge in [0.2, 0.25) is 5.01 Å². The van der Waals surface area contributed by atoms with E-state index in [-0.39, 0.29) is 11.6 Å². The first-order chi connectivity index (χ1) is 9.15. The van der Waals surface area contributed by atoms with Crippen molar-refractivity contribution < 1.29 is 14.3 Å². The fraction of sp³-hybridized carbons (Fsp3) is 0.0909. The summed E-state index contributed by atoms with van der Waals surface area (Å²) in [5, 5.41) is 10.4. The van der Waals surface area contributed by atoms with E-state index in [1.165, 1.54) is 4.57 Å². The highest BCUT2D eigenvalue weighted by molar-refractivity contribution is 7.11. The zero-order valence-corrected chi connectivity index (χ0v) is 10.3. The maximum atomic E-state index is 11.7. The molecule has 3 heterocycles. The number of carboxylic acids is 1. The van der Waals surface area contributed by atoms with Crippen LogP contribution in [0.5, 0.6) is 0 Å². The highest BCUT2D eigenvalue weighted by Crippen LogP contribution is 2.13. The number of carbonyl (C=O) groups is 1. The number of hydrogen-bond donors (Lipinski definition) is 1. The van der Waals surface area contributed by atoms with E-state index >= 15 is 0 Å². The zero-order chi connectivity index (χ0) is 13.4. The molecule has 0 unspecified atom stereocenters. The summed E-state index contributed by atoms with van der Waals surface area (Å²) in [4.78, 5) is 30.4. The van der Waals surface area contributed by atoms with Gasteiger partial charge in [-0.3, -0.25) is 4.57 Å². The largest absolute Gasteiger partial charge is 0.476 e. The van der Waals surface area contributed by atoms with Gasteiger partial charge in [-0.1, -0.05) is 0 Å². The summed E-state index contributed by atoms with van der Waals surface area (Å²) in [5.41, 5.74) is 1.29. The molecule has 96 valence electrons. The SMILES string of the molecule is O=C(O)c1nc(Cn2c(=O)oc3cccnc32)cs1. The maximum absolute atomic E-state index is 11.7. The van der Waals surface area contributed by atoms with Gasteiger partial charge in [0.1, 0.15) is 0 Å². The molecule has 0 saturated carbocycles. The van der Waals surface area contributed by atoms with Crippen LogP contribution in [0.3, 0.4) is 0 Å². The van der Waals surface area contributed by atoms with E-state index in [2.05, 4.69) is 9.97 Å². The van der Waals surface area contributed by atoms with Gasteiger partial charge >= 0.3 is 11.7 Å². The van der Waals surface area contributed by atoms with Crippen LogP contribution in [0.1, 0.15) is 15.5 Å². The Balaban J connectivity index is 2.03. The summed E-state index contributed by atoms with van der Waals surface area (Å²) in [7, 11) is 0. The topological polar surface area (TPSA) is 98.2 Å². The molecule has 0 amide bonds. The molecule has 3 aromatic heterocycles. The standard InChI is InChI=1S/C11H7N3O4S/c15-10(16)9-13-6(5-19-9)4-14-8-7(18-11(14)17)2-1-3-12-8/h1-3,5H,4H2,(H,15,16). The number of aromatic nitrogens is 3. The number of rotatable bonds is 3. The maximum Gasteiger partial charge on any atom is 0.421 e. The third-order valence-corrected chi connectivity index (χ3v) is 3.36. The summed E-state index contributed by atoms with van der Waals surface area (Å²) in [6.45, 7) is 0.132. The van der Waals surface area contributed by atoms with Crippen LogP contribution in [0.15, 0.2) is 32.9 Å². The van der Waals surface area contributed by atoms with Crippen molar-refractivity contribution in [2.24, 2.45) is 0 Å². The normalized spacial score (nSPS) is 10.9. The van der Waals surface area contributed by atoms with Crippen LogP contribution in [0.2, 0.25) is 0 Å². The van der Waals surface area contributed by atoms with Crippen LogP contribution >= 0.6 is 11.3 Å². The van der Waals surface area contributed by atoms with E-state index in [1.54, 1.807) is 23.7 Å². The van der Waals surface area contributed by atoms with Gasteiger partial charge in [0.05, 0.1) is 12.2 Å². The average Bonchev–Trinajstić information content (AvgIpc) is 2.96. The van der Waals surface area contributed by atoms with Gasteiger partial charge in [-0.2, -0.15) is 0 Å². The Morgan fingerprint density at radius 2 is 2.37 bits per heavy atom. The van der Waals surface area contributed by atoms with Crippen molar-refractivity contribution in [3.63, 3.8) is 0 Å². The molecule has 0 aliphatic rings. The molecule has 8 heteroatoms. The summed E-state index contributed by atoms with van der Waals surface area (Å²) >= 11 is 1.01. The smallest absolute Gasteiger partial charge is 0.421 e. The Hall–Kier alpha value is -2.48. The summed E-state index contributed by atoms with van der Waals surface area (Å²) in [5.74, 6) is -1.63. The van der Waals surface area contributed by atoms with Crippen LogP contribution in [0.25, 0.3) is 11.2 Å². The lowest BCUT2D eigenvalue weighted by molar-refractivity contribution is 0.0696. The number of pyridine rings is 1. The number of carboxylic acid groups (broad SMARTS) is 1. The first-order valence-electron chi connectivity index (χ1n) is 5.27. The molecule has 0 aliphatic heterocycles. The Kier molecular flexibility index (Phi) is 2.64. The molecule has 19 heavy (non-hydrogen) atoms.